The highest BCUT2D eigenvalue weighted by Gasteiger charge is 2.46. The van der Waals surface area contributed by atoms with Gasteiger partial charge in [0.15, 0.2) is 0 Å². The molecule has 1 aliphatic carbocycles. The molecule has 0 aromatic heterocycles. The van der Waals surface area contributed by atoms with Gasteiger partial charge in [0, 0.05) is 17.8 Å². The van der Waals surface area contributed by atoms with Crippen molar-refractivity contribution in [1.29, 1.82) is 5.26 Å². The highest BCUT2D eigenvalue weighted by Crippen LogP contribution is 2.43. The predicted octanol–water partition coefficient (Wildman–Crippen LogP) is 3.10. The quantitative estimate of drug-likeness (QED) is 0.918. The topological polar surface area (TPSA) is 35.8 Å². The van der Waals surface area contributed by atoms with Crippen molar-refractivity contribution in [3.05, 3.63) is 35.9 Å². The standard InChI is InChI=1S/C16H20N2S/c17-12-16(13-5-2-1-3-6-13)9-15(10-16)18-14-7-4-8-19-11-14/h1-3,5-6,14-15,18H,4,7-11H2. The lowest BCUT2D eigenvalue weighted by molar-refractivity contribution is 0.210. The monoisotopic (exact) mass is 272 g/mol. The summed E-state index contributed by atoms with van der Waals surface area (Å²) in [6, 6.07) is 14.0. The van der Waals surface area contributed by atoms with Crippen LogP contribution in [-0.2, 0) is 5.41 Å². The molecule has 1 aromatic rings. The first-order valence-electron chi connectivity index (χ1n) is 7.13. The minimum atomic E-state index is -0.235. The molecule has 1 heterocycles. The zero-order valence-corrected chi connectivity index (χ0v) is 12.0. The fraction of sp³-hybridized carbons (Fsp3) is 0.562. The molecule has 1 aromatic carbocycles. The average Bonchev–Trinajstić information content (AvgIpc) is 2.44. The minimum absolute atomic E-state index is 0.235. The Bertz CT molecular complexity index is 453. The van der Waals surface area contributed by atoms with Crippen molar-refractivity contribution in [1.82, 2.24) is 5.32 Å². The van der Waals surface area contributed by atoms with E-state index in [1.54, 1.807) is 0 Å². The first kappa shape index (κ1) is 13.0. The van der Waals surface area contributed by atoms with Crippen molar-refractivity contribution < 1.29 is 0 Å². The summed E-state index contributed by atoms with van der Waals surface area (Å²) < 4.78 is 0. The Hall–Kier alpha value is -0.980. The van der Waals surface area contributed by atoms with Gasteiger partial charge in [0.25, 0.3) is 0 Å². The van der Waals surface area contributed by atoms with Crippen LogP contribution < -0.4 is 5.32 Å². The van der Waals surface area contributed by atoms with Crippen LogP contribution >= 0.6 is 11.8 Å². The van der Waals surface area contributed by atoms with E-state index in [2.05, 4.69) is 35.3 Å². The largest absolute Gasteiger partial charge is 0.310 e. The van der Waals surface area contributed by atoms with E-state index in [-0.39, 0.29) is 5.41 Å². The molecular weight excluding hydrogens is 252 g/mol. The van der Waals surface area contributed by atoms with Crippen LogP contribution in [0.15, 0.2) is 30.3 Å². The SMILES string of the molecule is N#CC1(c2ccccc2)CC(NC2CCCSC2)C1. The molecule has 0 radical (unpaired) electrons. The van der Waals surface area contributed by atoms with E-state index in [1.165, 1.54) is 29.9 Å². The maximum absolute atomic E-state index is 9.53. The van der Waals surface area contributed by atoms with Crippen LogP contribution in [-0.4, -0.2) is 23.6 Å². The molecule has 100 valence electrons. The Morgan fingerprint density at radius 2 is 2.00 bits per heavy atom. The number of thioether (sulfide) groups is 1. The summed E-state index contributed by atoms with van der Waals surface area (Å²) in [5.41, 5.74) is 0.953. The van der Waals surface area contributed by atoms with Crippen molar-refractivity contribution in [3.63, 3.8) is 0 Å². The number of benzene rings is 1. The van der Waals surface area contributed by atoms with Gasteiger partial charge in [-0.15, -0.1) is 0 Å². The third kappa shape index (κ3) is 2.66. The van der Waals surface area contributed by atoms with Gasteiger partial charge in [0.2, 0.25) is 0 Å². The second-order valence-electron chi connectivity index (χ2n) is 5.75. The number of hydrogen-bond acceptors (Lipinski definition) is 3. The van der Waals surface area contributed by atoms with Crippen molar-refractivity contribution in [2.24, 2.45) is 0 Å². The average molecular weight is 272 g/mol. The molecule has 1 atom stereocenters. The maximum Gasteiger partial charge on any atom is 0.0852 e. The minimum Gasteiger partial charge on any atom is -0.310 e. The molecule has 3 heteroatoms. The van der Waals surface area contributed by atoms with Crippen molar-refractivity contribution in [2.75, 3.05) is 11.5 Å². The Morgan fingerprint density at radius 1 is 1.21 bits per heavy atom. The second kappa shape index (κ2) is 5.56. The van der Waals surface area contributed by atoms with Crippen LogP contribution in [0.5, 0.6) is 0 Å². The summed E-state index contributed by atoms with van der Waals surface area (Å²) >= 11 is 2.05. The summed E-state index contributed by atoms with van der Waals surface area (Å²) in [7, 11) is 0. The number of nitrogens with one attached hydrogen (secondary N) is 1. The van der Waals surface area contributed by atoms with Crippen LogP contribution in [0, 0.1) is 11.3 Å². The van der Waals surface area contributed by atoms with Gasteiger partial charge in [-0.05, 0) is 37.0 Å². The van der Waals surface area contributed by atoms with E-state index in [4.69, 9.17) is 0 Å². The number of nitrogens with zero attached hydrogens (tertiary/aromatic N) is 1. The molecule has 1 saturated heterocycles. The molecule has 2 fully saturated rings. The van der Waals surface area contributed by atoms with E-state index in [9.17, 15) is 5.26 Å². The van der Waals surface area contributed by atoms with Crippen LogP contribution in [0.1, 0.15) is 31.2 Å². The molecular formula is C16H20N2S. The van der Waals surface area contributed by atoms with Gasteiger partial charge < -0.3 is 5.32 Å². The summed E-state index contributed by atoms with van der Waals surface area (Å²) in [5, 5.41) is 13.3. The zero-order valence-electron chi connectivity index (χ0n) is 11.1. The van der Waals surface area contributed by atoms with Gasteiger partial charge in [-0.1, -0.05) is 30.3 Å². The molecule has 1 N–H and O–H groups in total. The molecule has 0 bridgehead atoms. The lowest BCUT2D eigenvalue weighted by atomic mass is 9.62. The Morgan fingerprint density at radius 3 is 2.63 bits per heavy atom. The third-order valence-corrected chi connectivity index (χ3v) is 5.58. The predicted molar refractivity (Wildman–Crippen MR) is 80.2 cm³/mol. The van der Waals surface area contributed by atoms with Crippen LogP contribution in [0.25, 0.3) is 0 Å². The molecule has 1 aliphatic heterocycles. The van der Waals surface area contributed by atoms with Gasteiger partial charge in [-0.3, -0.25) is 0 Å². The second-order valence-corrected chi connectivity index (χ2v) is 6.90. The van der Waals surface area contributed by atoms with E-state index in [0.29, 0.717) is 12.1 Å². The van der Waals surface area contributed by atoms with Gasteiger partial charge >= 0.3 is 0 Å². The van der Waals surface area contributed by atoms with Gasteiger partial charge in [-0.25, -0.2) is 0 Å². The normalized spacial score (nSPS) is 34.3. The van der Waals surface area contributed by atoms with Crippen molar-refractivity contribution in [3.8, 4) is 6.07 Å². The summed E-state index contributed by atoms with van der Waals surface area (Å²) in [6.07, 6.45) is 4.56. The fourth-order valence-electron chi connectivity index (χ4n) is 3.25. The first-order chi connectivity index (χ1) is 9.32. The number of hydrogen-bond donors (Lipinski definition) is 1. The summed E-state index contributed by atoms with van der Waals surface area (Å²) in [6.45, 7) is 0. The molecule has 19 heavy (non-hydrogen) atoms. The zero-order chi connectivity index (χ0) is 13.1. The molecule has 2 nitrogen and oxygen atoms in total. The number of rotatable bonds is 3. The van der Waals surface area contributed by atoms with E-state index in [1.807, 2.05) is 18.2 Å². The van der Waals surface area contributed by atoms with E-state index < -0.39 is 0 Å². The lowest BCUT2D eigenvalue weighted by Gasteiger charge is -2.45. The highest BCUT2D eigenvalue weighted by atomic mass is 32.2. The lowest BCUT2D eigenvalue weighted by Crippen LogP contribution is -2.54. The van der Waals surface area contributed by atoms with E-state index >= 15 is 0 Å². The summed E-state index contributed by atoms with van der Waals surface area (Å²) in [4.78, 5) is 0. The molecule has 2 aliphatic rings. The third-order valence-electron chi connectivity index (χ3n) is 4.36. The summed E-state index contributed by atoms with van der Waals surface area (Å²) in [5.74, 6) is 2.55. The Labute approximate surface area is 119 Å². The maximum atomic E-state index is 9.53. The van der Waals surface area contributed by atoms with Crippen molar-refractivity contribution >= 4 is 11.8 Å². The molecule has 0 spiro atoms. The Balaban J connectivity index is 1.59. The highest BCUT2D eigenvalue weighted by molar-refractivity contribution is 7.99. The van der Waals surface area contributed by atoms with Gasteiger partial charge in [0.1, 0.15) is 0 Å². The first-order valence-corrected chi connectivity index (χ1v) is 8.28. The smallest absolute Gasteiger partial charge is 0.0852 e. The van der Waals surface area contributed by atoms with Crippen molar-refractivity contribution in [2.45, 2.75) is 43.2 Å². The van der Waals surface area contributed by atoms with E-state index in [0.717, 1.165) is 12.8 Å². The number of nitriles is 1. The molecule has 1 saturated carbocycles. The molecule has 1 unspecified atom stereocenters. The van der Waals surface area contributed by atoms with Crippen LogP contribution in [0.4, 0.5) is 0 Å². The van der Waals surface area contributed by atoms with Gasteiger partial charge in [-0.2, -0.15) is 17.0 Å². The fourth-order valence-corrected chi connectivity index (χ4v) is 4.34. The van der Waals surface area contributed by atoms with Crippen LogP contribution in [0.2, 0.25) is 0 Å². The molecule has 3 rings (SSSR count). The van der Waals surface area contributed by atoms with Gasteiger partial charge in [0.05, 0.1) is 11.5 Å². The van der Waals surface area contributed by atoms with Crippen LogP contribution in [0.3, 0.4) is 0 Å². The molecule has 0 amide bonds. The Kier molecular flexibility index (Phi) is 3.81.